The molecule has 0 atom stereocenters. The number of carbonyl (C=O) groups excluding carboxylic acids is 1. The fourth-order valence-electron chi connectivity index (χ4n) is 3.00. The molecule has 0 unspecified atom stereocenters. The third kappa shape index (κ3) is 6.65. The zero-order chi connectivity index (χ0) is 27.3. The highest BCUT2D eigenvalue weighted by Gasteiger charge is 2.38. The third-order valence-corrected chi connectivity index (χ3v) is 8.91. The van der Waals surface area contributed by atoms with Gasteiger partial charge < -0.3 is 16.2 Å². The number of sulfone groups is 1. The standard InChI is InChI=1S/C20H19N3O3S3.C2HF3O2/c1-12-5-3-8-15(23-11-24)18(12)13-6-4-7-14(9-13)29(25,26)17-10-16(19(21)22)28-20(17)27-2;3-2(4,5)1(6)7/h3-11H,1-2H3,(H3,21,22)(H,23,24);(H,6,7). The number of halogens is 3. The molecule has 0 radical (unpaired) electrons. The molecule has 0 aliphatic heterocycles. The molecule has 0 aliphatic rings. The van der Waals surface area contributed by atoms with Crippen LogP contribution in [0.5, 0.6) is 0 Å². The number of aryl methyl sites for hydroxylation is 1. The number of nitrogen functional groups attached to an aromatic ring is 1. The van der Waals surface area contributed by atoms with Crippen molar-refractivity contribution in [2.24, 2.45) is 5.73 Å². The van der Waals surface area contributed by atoms with Crippen LogP contribution in [0.2, 0.25) is 0 Å². The molecule has 0 bridgehead atoms. The molecule has 0 saturated heterocycles. The van der Waals surface area contributed by atoms with Crippen molar-refractivity contribution in [2.75, 3.05) is 11.6 Å². The monoisotopic (exact) mass is 559 g/mol. The number of hydrogen-bond donors (Lipinski definition) is 4. The maximum Gasteiger partial charge on any atom is 0.490 e. The predicted molar refractivity (Wildman–Crippen MR) is 133 cm³/mol. The van der Waals surface area contributed by atoms with E-state index in [1.165, 1.54) is 29.2 Å². The largest absolute Gasteiger partial charge is 0.490 e. The van der Waals surface area contributed by atoms with Crippen LogP contribution in [0.3, 0.4) is 0 Å². The lowest BCUT2D eigenvalue weighted by molar-refractivity contribution is -0.192. The number of benzene rings is 2. The van der Waals surface area contributed by atoms with E-state index in [4.69, 9.17) is 21.0 Å². The molecule has 5 N–H and O–H groups in total. The first kappa shape index (κ1) is 28.9. The number of anilines is 1. The number of carboxylic acids is 1. The molecule has 0 fully saturated rings. The summed E-state index contributed by atoms with van der Waals surface area (Å²) in [4.78, 5) is 20.6. The highest BCUT2D eigenvalue weighted by atomic mass is 32.2. The third-order valence-electron chi connectivity index (χ3n) is 4.57. The maximum absolute atomic E-state index is 13.3. The number of carbonyl (C=O) groups is 2. The summed E-state index contributed by atoms with van der Waals surface area (Å²) in [6.45, 7) is 1.90. The van der Waals surface area contributed by atoms with E-state index >= 15 is 0 Å². The molecule has 3 aromatic rings. The van der Waals surface area contributed by atoms with Crippen LogP contribution in [0.25, 0.3) is 11.1 Å². The first-order chi connectivity index (χ1) is 16.7. The minimum atomic E-state index is -5.08. The van der Waals surface area contributed by atoms with Gasteiger partial charge in [-0.3, -0.25) is 10.2 Å². The topological polar surface area (TPSA) is 150 Å². The first-order valence-corrected chi connectivity index (χ1v) is 13.2. The lowest BCUT2D eigenvalue weighted by atomic mass is 9.98. The van der Waals surface area contributed by atoms with Gasteiger partial charge >= 0.3 is 12.1 Å². The van der Waals surface area contributed by atoms with E-state index in [9.17, 15) is 26.4 Å². The Morgan fingerprint density at radius 2 is 1.81 bits per heavy atom. The number of carboxylic acid groups (broad SMARTS) is 1. The molecule has 2 aromatic carbocycles. The smallest absolute Gasteiger partial charge is 0.475 e. The molecule has 1 amide bonds. The second-order valence-corrected chi connectivity index (χ2v) is 11.0. The Bertz CT molecular complexity index is 1400. The number of aliphatic carboxylic acids is 1. The average Bonchev–Trinajstić information content (AvgIpc) is 3.25. The van der Waals surface area contributed by atoms with Gasteiger partial charge in [-0.2, -0.15) is 13.2 Å². The summed E-state index contributed by atoms with van der Waals surface area (Å²) < 4.78 is 59.0. The molecular weight excluding hydrogens is 539 g/mol. The normalized spacial score (nSPS) is 11.2. The molecule has 1 heterocycles. The molecular formula is C22H20F3N3O5S3. The fourth-order valence-corrected chi connectivity index (χ4v) is 6.90. The van der Waals surface area contributed by atoms with Gasteiger partial charge in [0.25, 0.3) is 0 Å². The van der Waals surface area contributed by atoms with Gasteiger partial charge in [0.1, 0.15) is 5.84 Å². The highest BCUT2D eigenvalue weighted by Crippen LogP contribution is 2.38. The molecule has 1 aromatic heterocycles. The van der Waals surface area contributed by atoms with Crippen molar-refractivity contribution in [3.63, 3.8) is 0 Å². The minimum Gasteiger partial charge on any atom is -0.475 e. The summed E-state index contributed by atoms with van der Waals surface area (Å²) in [5, 5.41) is 17.4. The first-order valence-electron chi connectivity index (χ1n) is 9.71. The van der Waals surface area contributed by atoms with Crippen LogP contribution in [0, 0.1) is 12.3 Å². The Kier molecular flexibility index (Phi) is 9.29. The lowest BCUT2D eigenvalue weighted by Crippen LogP contribution is -2.21. The summed E-state index contributed by atoms with van der Waals surface area (Å²) >= 11 is 2.49. The van der Waals surface area contributed by atoms with Gasteiger partial charge in [0.05, 0.1) is 18.9 Å². The van der Waals surface area contributed by atoms with Crippen molar-refractivity contribution in [1.29, 1.82) is 5.41 Å². The van der Waals surface area contributed by atoms with E-state index < -0.39 is 22.0 Å². The van der Waals surface area contributed by atoms with Crippen LogP contribution in [0.15, 0.2) is 62.5 Å². The minimum absolute atomic E-state index is 0.138. The molecule has 0 aliphatic carbocycles. The summed E-state index contributed by atoms with van der Waals surface area (Å²) in [6, 6.07) is 13.6. The Morgan fingerprint density at radius 3 is 2.33 bits per heavy atom. The van der Waals surface area contributed by atoms with Crippen LogP contribution in [-0.4, -0.2) is 44.2 Å². The number of amidine groups is 1. The van der Waals surface area contributed by atoms with E-state index in [0.717, 1.165) is 11.1 Å². The summed E-state index contributed by atoms with van der Waals surface area (Å²) in [5.74, 6) is -2.92. The Labute approximate surface area is 212 Å². The van der Waals surface area contributed by atoms with E-state index in [2.05, 4.69) is 5.32 Å². The highest BCUT2D eigenvalue weighted by molar-refractivity contribution is 8.01. The zero-order valence-corrected chi connectivity index (χ0v) is 21.2. The summed E-state index contributed by atoms with van der Waals surface area (Å²) in [7, 11) is -3.82. The number of thioether (sulfide) groups is 1. The quantitative estimate of drug-likeness (QED) is 0.141. The van der Waals surface area contributed by atoms with Crippen LogP contribution in [0.1, 0.15) is 10.4 Å². The van der Waals surface area contributed by atoms with Crippen LogP contribution in [-0.2, 0) is 19.4 Å². The van der Waals surface area contributed by atoms with E-state index in [0.29, 0.717) is 26.7 Å². The Hall–Kier alpha value is -3.36. The SMILES string of the molecule is CSc1sc(C(=N)N)cc1S(=O)(=O)c1cccc(-c2c(C)cccc2NC=O)c1.O=C(O)C(F)(F)F. The van der Waals surface area contributed by atoms with E-state index in [1.54, 1.807) is 36.6 Å². The molecule has 3 rings (SSSR count). The zero-order valence-electron chi connectivity index (χ0n) is 18.7. The summed E-state index contributed by atoms with van der Waals surface area (Å²) in [5.41, 5.74) is 8.50. The van der Waals surface area contributed by atoms with Gasteiger partial charge in [-0.05, 0) is 48.6 Å². The van der Waals surface area contributed by atoms with Gasteiger partial charge in [-0.25, -0.2) is 13.2 Å². The van der Waals surface area contributed by atoms with E-state index in [-0.39, 0.29) is 15.6 Å². The second kappa shape index (κ2) is 11.6. The van der Waals surface area contributed by atoms with Crippen molar-refractivity contribution in [2.45, 2.75) is 27.1 Å². The average molecular weight is 560 g/mol. The molecule has 14 heteroatoms. The summed E-state index contributed by atoms with van der Waals surface area (Å²) in [6.07, 6.45) is -2.70. The predicted octanol–water partition coefficient (Wildman–Crippen LogP) is 4.76. The fraction of sp³-hybridized carbons (Fsp3) is 0.136. The van der Waals surface area contributed by atoms with Gasteiger partial charge in [0.15, 0.2) is 0 Å². The number of nitrogens with two attached hydrogens (primary N) is 1. The van der Waals surface area contributed by atoms with E-state index in [1.807, 2.05) is 19.1 Å². The van der Waals surface area contributed by atoms with Crippen LogP contribution in [0.4, 0.5) is 18.9 Å². The van der Waals surface area contributed by atoms with Gasteiger partial charge in [-0.15, -0.1) is 23.1 Å². The molecule has 192 valence electrons. The number of rotatable bonds is 7. The number of amides is 1. The number of alkyl halides is 3. The molecule has 0 saturated carbocycles. The van der Waals surface area contributed by atoms with Crippen molar-refractivity contribution in [3.05, 3.63) is 59.0 Å². The lowest BCUT2D eigenvalue weighted by Gasteiger charge is -2.13. The van der Waals surface area contributed by atoms with Gasteiger partial charge in [0.2, 0.25) is 16.2 Å². The van der Waals surface area contributed by atoms with Crippen molar-refractivity contribution < 1.29 is 36.3 Å². The number of hydrogen-bond acceptors (Lipinski definition) is 7. The Balaban J connectivity index is 0.000000572. The van der Waals surface area contributed by atoms with Gasteiger partial charge in [-0.1, -0.05) is 24.3 Å². The van der Waals surface area contributed by atoms with Crippen LogP contribution < -0.4 is 11.1 Å². The second-order valence-electron chi connectivity index (χ2n) is 6.97. The molecule has 8 nitrogen and oxygen atoms in total. The van der Waals surface area contributed by atoms with Crippen molar-refractivity contribution in [1.82, 2.24) is 0 Å². The Morgan fingerprint density at radius 1 is 1.19 bits per heavy atom. The number of nitrogens with one attached hydrogen (secondary N) is 2. The molecule has 36 heavy (non-hydrogen) atoms. The van der Waals surface area contributed by atoms with Gasteiger partial charge in [0, 0.05) is 11.3 Å². The van der Waals surface area contributed by atoms with Crippen LogP contribution >= 0.6 is 23.1 Å². The number of thiophene rings is 1. The molecule has 0 spiro atoms. The van der Waals surface area contributed by atoms with Crippen molar-refractivity contribution >= 4 is 56.8 Å². The van der Waals surface area contributed by atoms with Crippen molar-refractivity contribution in [3.8, 4) is 11.1 Å². The maximum atomic E-state index is 13.3.